The second-order valence-corrected chi connectivity index (χ2v) is 5.96. The van der Waals surface area contributed by atoms with Crippen LogP contribution in [0, 0.1) is 0 Å². The van der Waals surface area contributed by atoms with Crippen molar-refractivity contribution in [1.29, 1.82) is 0 Å². The molecule has 0 spiro atoms. The highest BCUT2D eigenvalue weighted by Gasteiger charge is 2.11. The van der Waals surface area contributed by atoms with Crippen molar-refractivity contribution < 1.29 is 9.21 Å². The van der Waals surface area contributed by atoms with E-state index in [1.54, 1.807) is 30.5 Å². The van der Waals surface area contributed by atoms with Crippen molar-refractivity contribution in [3.63, 3.8) is 0 Å². The van der Waals surface area contributed by atoms with E-state index in [0.29, 0.717) is 41.0 Å². The zero-order valence-corrected chi connectivity index (χ0v) is 14.8. The average molecular weight is 368 g/mol. The highest BCUT2D eigenvalue weighted by atomic mass is 35.5. The molecular weight excluding hydrogens is 350 g/mol. The minimum atomic E-state index is -0.165. The zero-order valence-electron chi connectivity index (χ0n) is 14.0. The summed E-state index contributed by atoms with van der Waals surface area (Å²) in [7, 11) is 0. The molecule has 5 nitrogen and oxygen atoms in total. The highest BCUT2D eigenvalue weighted by Crippen LogP contribution is 2.23. The Balaban J connectivity index is 1.69. The number of para-hydroxylation sites is 1. The van der Waals surface area contributed by atoms with Gasteiger partial charge in [-0.25, -0.2) is 4.98 Å². The number of amides is 1. The fourth-order valence-electron chi connectivity index (χ4n) is 2.41. The van der Waals surface area contributed by atoms with Crippen molar-refractivity contribution >= 4 is 23.2 Å². The monoisotopic (exact) mass is 367 g/mol. The fourth-order valence-corrected chi connectivity index (χ4v) is 2.53. The average Bonchev–Trinajstić information content (AvgIpc) is 3.14. The van der Waals surface area contributed by atoms with Crippen molar-refractivity contribution in [3.05, 3.63) is 83.9 Å². The molecule has 132 valence electrons. The Morgan fingerprint density at radius 2 is 1.96 bits per heavy atom. The molecule has 2 aromatic carbocycles. The Bertz CT molecular complexity index is 903. The van der Waals surface area contributed by atoms with Gasteiger partial charge in [-0.15, -0.1) is 6.58 Å². The third kappa shape index (κ3) is 4.32. The van der Waals surface area contributed by atoms with Crippen LogP contribution < -0.4 is 10.6 Å². The van der Waals surface area contributed by atoms with Gasteiger partial charge in [-0.3, -0.25) is 4.79 Å². The molecule has 1 aromatic heterocycles. The van der Waals surface area contributed by atoms with Gasteiger partial charge in [0.25, 0.3) is 5.91 Å². The standard InChI is InChI=1S/C20H18ClN3O2/c1-2-11-22-20(25)16-5-3-4-6-17(16)23-13-19-24-12-18(26-19)14-7-9-15(21)10-8-14/h2-10,12,23H,1,11,13H2,(H,22,25). The first-order valence-corrected chi connectivity index (χ1v) is 8.48. The van der Waals surface area contributed by atoms with E-state index in [1.807, 2.05) is 30.3 Å². The number of oxazole rings is 1. The van der Waals surface area contributed by atoms with Crippen molar-refractivity contribution in [3.8, 4) is 11.3 Å². The number of carbonyl (C=O) groups is 1. The van der Waals surface area contributed by atoms with Crippen molar-refractivity contribution in [2.45, 2.75) is 6.54 Å². The first kappa shape index (κ1) is 17.8. The van der Waals surface area contributed by atoms with Crippen LogP contribution in [0.3, 0.4) is 0 Å². The van der Waals surface area contributed by atoms with E-state index in [2.05, 4.69) is 22.2 Å². The molecule has 0 fully saturated rings. The van der Waals surface area contributed by atoms with Gasteiger partial charge >= 0.3 is 0 Å². The van der Waals surface area contributed by atoms with Crippen LogP contribution >= 0.6 is 11.6 Å². The van der Waals surface area contributed by atoms with Crippen LogP contribution in [0.4, 0.5) is 5.69 Å². The Morgan fingerprint density at radius 3 is 2.73 bits per heavy atom. The van der Waals surface area contributed by atoms with Crippen molar-refractivity contribution in [2.75, 3.05) is 11.9 Å². The summed E-state index contributed by atoms with van der Waals surface area (Å²) < 4.78 is 5.77. The van der Waals surface area contributed by atoms with Crippen LogP contribution in [0.5, 0.6) is 0 Å². The lowest BCUT2D eigenvalue weighted by molar-refractivity contribution is 0.0958. The van der Waals surface area contributed by atoms with E-state index in [1.165, 1.54) is 0 Å². The number of halogens is 1. The summed E-state index contributed by atoms with van der Waals surface area (Å²) in [6, 6.07) is 14.6. The summed E-state index contributed by atoms with van der Waals surface area (Å²) in [5.41, 5.74) is 2.16. The number of rotatable bonds is 7. The minimum Gasteiger partial charge on any atom is -0.439 e. The quantitative estimate of drug-likeness (QED) is 0.602. The number of hydrogen-bond donors (Lipinski definition) is 2. The maximum absolute atomic E-state index is 12.2. The Hall–Kier alpha value is -3.05. The van der Waals surface area contributed by atoms with Crippen LogP contribution in [0.15, 0.2) is 71.8 Å². The fraction of sp³-hybridized carbons (Fsp3) is 0.100. The van der Waals surface area contributed by atoms with Gasteiger partial charge in [-0.2, -0.15) is 0 Å². The third-order valence-electron chi connectivity index (χ3n) is 3.69. The number of nitrogens with zero attached hydrogens (tertiary/aromatic N) is 1. The van der Waals surface area contributed by atoms with E-state index in [9.17, 15) is 4.79 Å². The van der Waals surface area contributed by atoms with Gasteiger partial charge in [0, 0.05) is 22.8 Å². The van der Waals surface area contributed by atoms with Gasteiger partial charge in [-0.05, 0) is 36.4 Å². The number of carbonyl (C=O) groups excluding carboxylic acids is 1. The first-order chi connectivity index (χ1) is 12.7. The summed E-state index contributed by atoms with van der Waals surface area (Å²) >= 11 is 5.90. The molecule has 6 heteroatoms. The molecular formula is C20H18ClN3O2. The molecule has 1 amide bonds. The molecule has 26 heavy (non-hydrogen) atoms. The van der Waals surface area contributed by atoms with E-state index in [0.717, 1.165) is 5.56 Å². The molecule has 2 N–H and O–H groups in total. The van der Waals surface area contributed by atoms with Crippen LogP contribution in [-0.2, 0) is 6.54 Å². The maximum Gasteiger partial charge on any atom is 0.253 e. The van der Waals surface area contributed by atoms with Crippen LogP contribution in [0.2, 0.25) is 5.02 Å². The topological polar surface area (TPSA) is 67.2 Å². The van der Waals surface area contributed by atoms with Gasteiger partial charge in [0.05, 0.1) is 18.3 Å². The van der Waals surface area contributed by atoms with E-state index in [4.69, 9.17) is 16.0 Å². The predicted molar refractivity (Wildman–Crippen MR) is 103 cm³/mol. The van der Waals surface area contributed by atoms with Crippen LogP contribution in [0.25, 0.3) is 11.3 Å². The van der Waals surface area contributed by atoms with Crippen molar-refractivity contribution in [2.24, 2.45) is 0 Å². The zero-order chi connectivity index (χ0) is 18.4. The lowest BCUT2D eigenvalue weighted by Gasteiger charge is -2.10. The second-order valence-electron chi connectivity index (χ2n) is 5.52. The molecule has 3 aromatic rings. The smallest absolute Gasteiger partial charge is 0.253 e. The molecule has 3 rings (SSSR count). The van der Waals surface area contributed by atoms with Gasteiger partial charge in [0.1, 0.15) is 0 Å². The first-order valence-electron chi connectivity index (χ1n) is 8.10. The second kappa shape index (κ2) is 8.36. The summed E-state index contributed by atoms with van der Waals surface area (Å²) in [4.78, 5) is 16.5. The highest BCUT2D eigenvalue weighted by molar-refractivity contribution is 6.30. The van der Waals surface area contributed by atoms with E-state index in [-0.39, 0.29) is 5.91 Å². The SMILES string of the molecule is C=CCNC(=O)c1ccccc1NCc1ncc(-c2ccc(Cl)cc2)o1. The predicted octanol–water partition coefficient (Wildman–Crippen LogP) is 4.52. The number of nitrogens with one attached hydrogen (secondary N) is 2. The molecule has 0 bridgehead atoms. The number of benzene rings is 2. The van der Waals surface area contributed by atoms with Gasteiger partial charge < -0.3 is 15.1 Å². The Labute approximate surface area is 156 Å². The molecule has 0 aliphatic heterocycles. The molecule has 0 atom stereocenters. The third-order valence-corrected chi connectivity index (χ3v) is 3.94. The molecule has 0 aliphatic carbocycles. The Kier molecular flexibility index (Phi) is 5.71. The Morgan fingerprint density at radius 1 is 1.19 bits per heavy atom. The van der Waals surface area contributed by atoms with E-state index >= 15 is 0 Å². The van der Waals surface area contributed by atoms with E-state index < -0.39 is 0 Å². The summed E-state index contributed by atoms with van der Waals surface area (Å²) in [6.45, 7) is 4.37. The van der Waals surface area contributed by atoms with Gasteiger partial charge in [0.15, 0.2) is 5.76 Å². The van der Waals surface area contributed by atoms with Gasteiger partial charge in [0.2, 0.25) is 5.89 Å². The maximum atomic E-state index is 12.2. The summed E-state index contributed by atoms with van der Waals surface area (Å²) in [5.74, 6) is 1.02. The minimum absolute atomic E-state index is 0.165. The molecule has 0 saturated carbocycles. The molecule has 1 heterocycles. The lowest BCUT2D eigenvalue weighted by atomic mass is 10.1. The number of anilines is 1. The van der Waals surface area contributed by atoms with Crippen molar-refractivity contribution in [1.82, 2.24) is 10.3 Å². The largest absolute Gasteiger partial charge is 0.439 e. The summed E-state index contributed by atoms with van der Waals surface area (Å²) in [6.07, 6.45) is 3.31. The number of hydrogen-bond acceptors (Lipinski definition) is 4. The van der Waals surface area contributed by atoms with Crippen LogP contribution in [0.1, 0.15) is 16.2 Å². The number of aromatic nitrogens is 1. The molecule has 0 aliphatic rings. The molecule has 0 unspecified atom stereocenters. The van der Waals surface area contributed by atoms with Gasteiger partial charge in [-0.1, -0.05) is 29.8 Å². The molecule has 0 saturated heterocycles. The lowest BCUT2D eigenvalue weighted by Crippen LogP contribution is -2.24. The molecule has 0 radical (unpaired) electrons. The van der Waals surface area contributed by atoms with Crippen LogP contribution in [-0.4, -0.2) is 17.4 Å². The summed E-state index contributed by atoms with van der Waals surface area (Å²) in [5, 5.41) is 6.64. The normalized spacial score (nSPS) is 10.3.